The molecule has 0 amide bonds. The fraction of sp³-hybridized carbons (Fsp3) is 0.588. The van der Waals surface area contributed by atoms with Crippen molar-refractivity contribution in [3.63, 3.8) is 0 Å². The van der Waals surface area contributed by atoms with Crippen molar-refractivity contribution in [3.05, 3.63) is 28.8 Å². The van der Waals surface area contributed by atoms with Crippen LogP contribution in [0.5, 0.6) is 5.75 Å². The standard InChI is InChI=1S/C17H24ClN3O2.HI/c1-21-8-7-19-16(21)20-12-17(5-9-23-10-6-17)14-11-13(18)3-4-15(14)22-2;/h3-4,11H,5-10,12H2,1-2H3,(H,19,20);1H. The Morgan fingerprint density at radius 3 is 2.75 bits per heavy atom. The van der Waals surface area contributed by atoms with Crippen LogP contribution in [0.4, 0.5) is 0 Å². The zero-order valence-electron chi connectivity index (χ0n) is 14.2. The summed E-state index contributed by atoms with van der Waals surface area (Å²) in [7, 11) is 3.78. The summed E-state index contributed by atoms with van der Waals surface area (Å²) in [5.41, 5.74) is 1.10. The molecule has 0 bridgehead atoms. The summed E-state index contributed by atoms with van der Waals surface area (Å²) in [6, 6.07) is 5.86. The third-order valence-corrected chi connectivity index (χ3v) is 5.06. The van der Waals surface area contributed by atoms with E-state index in [4.69, 9.17) is 21.1 Å². The van der Waals surface area contributed by atoms with Gasteiger partial charge in [-0.15, -0.1) is 24.0 Å². The van der Waals surface area contributed by atoms with Crippen molar-refractivity contribution >= 4 is 41.5 Å². The van der Waals surface area contributed by atoms with Crippen molar-refractivity contribution in [1.29, 1.82) is 0 Å². The van der Waals surface area contributed by atoms with Crippen LogP contribution in [0.25, 0.3) is 0 Å². The van der Waals surface area contributed by atoms with E-state index in [9.17, 15) is 0 Å². The normalized spacial score (nSPS) is 19.5. The quantitative estimate of drug-likeness (QED) is 0.695. The van der Waals surface area contributed by atoms with Gasteiger partial charge in [-0.2, -0.15) is 0 Å². The Kier molecular flexibility index (Phi) is 7.00. The Labute approximate surface area is 165 Å². The lowest BCUT2D eigenvalue weighted by atomic mass is 9.73. The van der Waals surface area contributed by atoms with Gasteiger partial charge in [0.15, 0.2) is 5.96 Å². The van der Waals surface area contributed by atoms with Crippen LogP contribution in [0.15, 0.2) is 23.2 Å². The minimum Gasteiger partial charge on any atom is -0.496 e. The molecule has 134 valence electrons. The van der Waals surface area contributed by atoms with Crippen LogP contribution in [0.3, 0.4) is 0 Å². The molecule has 0 aliphatic carbocycles. The highest BCUT2D eigenvalue weighted by Gasteiger charge is 2.37. The van der Waals surface area contributed by atoms with Crippen molar-refractivity contribution < 1.29 is 9.47 Å². The summed E-state index contributed by atoms with van der Waals surface area (Å²) < 4.78 is 11.2. The number of guanidine groups is 1. The molecule has 1 N–H and O–H groups in total. The maximum atomic E-state index is 6.27. The number of halogens is 2. The van der Waals surface area contributed by atoms with E-state index in [1.165, 1.54) is 0 Å². The van der Waals surface area contributed by atoms with Crippen molar-refractivity contribution in [2.24, 2.45) is 4.99 Å². The molecule has 1 aromatic carbocycles. The number of hydrogen-bond donors (Lipinski definition) is 1. The van der Waals surface area contributed by atoms with Crippen molar-refractivity contribution in [3.8, 4) is 5.75 Å². The zero-order chi connectivity index (χ0) is 16.3. The van der Waals surface area contributed by atoms with Crippen LogP contribution >= 0.6 is 35.6 Å². The van der Waals surface area contributed by atoms with Crippen LogP contribution in [-0.4, -0.2) is 57.9 Å². The molecule has 2 aliphatic rings. The third kappa shape index (κ3) is 4.08. The molecule has 5 nitrogen and oxygen atoms in total. The highest BCUT2D eigenvalue weighted by atomic mass is 127. The van der Waals surface area contributed by atoms with E-state index in [0.29, 0.717) is 0 Å². The zero-order valence-corrected chi connectivity index (χ0v) is 17.3. The lowest BCUT2D eigenvalue weighted by Gasteiger charge is -2.39. The molecule has 0 atom stereocenters. The topological polar surface area (TPSA) is 46.1 Å². The molecule has 1 fully saturated rings. The Bertz CT molecular complexity index is 591. The average Bonchev–Trinajstić information content (AvgIpc) is 2.99. The first-order chi connectivity index (χ1) is 11.1. The summed E-state index contributed by atoms with van der Waals surface area (Å²) in [6.07, 6.45) is 1.88. The predicted molar refractivity (Wildman–Crippen MR) is 108 cm³/mol. The minimum atomic E-state index is -0.0551. The number of hydrogen-bond acceptors (Lipinski definition) is 5. The molecular weight excluding hydrogens is 441 g/mol. The van der Waals surface area contributed by atoms with Gasteiger partial charge in [0.2, 0.25) is 0 Å². The maximum absolute atomic E-state index is 6.27. The molecular formula is C17H25ClIN3O2. The van der Waals surface area contributed by atoms with Gasteiger partial charge in [0, 0.05) is 49.4 Å². The molecule has 2 aliphatic heterocycles. The molecule has 0 saturated carbocycles. The van der Waals surface area contributed by atoms with Gasteiger partial charge in [-0.25, -0.2) is 0 Å². The second-order valence-electron chi connectivity index (χ2n) is 6.22. The van der Waals surface area contributed by atoms with E-state index >= 15 is 0 Å². The van der Waals surface area contributed by atoms with Gasteiger partial charge in [-0.1, -0.05) is 11.6 Å². The van der Waals surface area contributed by atoms with Gasteiger partial charge in [0.1, 0.15) is 5.75 Å². The SMILES string of the molecule is COc1ccc(Cl)cc1C1(CNC2=NCCN2C)CCOCC1.I. The Morgan fingerprint density at radius 1 is 1.38 bits per heavy atom. The van der Waals surface area contributed by atoms with Gasteiger partial charge in [0.25, 0.3) is 0 Å². The van der Waals surface area contributed by atoms with E-state index < -0.39 is 0 Å². The van der Waals surface area contributed by atoms with E-state index in [1.807, 2.05) is 18.2 Å². The first kappa shape index (κ1) is 19.6. The first-order valence-electron chi connectivity index (χ1n) is 8.06. The van der Waals surface area contributed by atoms with E-state index in [2.05, 4.69) is 22.3 Å². The van der Waals surface area contributed by atoms with Gasteiger partial charge in [0.05, 0.1) is 13.7 Å². The monoisotopic (exact) mass is 465 g/mol. The summed E-state index contributed by atoms with van der Waals surface area (Å²) in [4.78, 5) is 6.68. The Balaban J connectivity index is 0.00000208. The maximum Gasteiger partial charge on any atom is 0.193 e. The summed E-state index contributed by atoms with van der Waals surface area (Å²) in [5.74, 6) is 1.86. The lowest BCUT2D eigenvalue weighted by molar-refractivity contribution is 0.0504. The van der Waals surface area contributed by atoms with E-state index in [0.717, 1.165) is 68.0 Å². The summed E-state index contributed by atoms with van der Waals surface area (Å²) in [5, 5.41) is 4.27. The van der Waals surface area contributed by atoms with E-state index in [-0.39, 0.29) is 29.4 Å². The van der Waals surface area contributed by atoms with Crippen molar-refractivity contribution in [1.82, 2.24) is 10.2 Å². The first-order valence-corrected chi connectivity index (χ1v) is 8.44. The molecule has 2 heterocycles. The number of ether oxygens (including phenoxy) is 2. The van der Waals surface area contributed by atoms with Gasteiger partial charge < -0.3 is 19.7 Å². The van der Waals surface area contributed by atoms with E-state index in [1.54, 1.807) is 7.11 Å². The second kappa shape index (κ2) is 8.58. The molecule has 0 radical (unpaired) electrons. The van der Waals surface area contributed by atoms with Gasteiger partial charge >= 0.3 is 0 Å². The number of rotatable bonds is 4. The van der Waals surface area contributed by atoms with Crippen LogP contribution in [0.2, 0.25) is 5.02 Å². The molecule has 1 aromatic rings. The smallest absolute Gasteiger partial charge is 0.193 e. The summed E-state index contributed by atoms with van der Waals surface area (Å²) >= 11 is 6.27. The summed E-state index contributed by atoms with van der Waals surface area (Å²) in [6.45, 7) is 4.13. The molecule has 7 heteroatoms. The Hall–Kier alpha value is -0.730. The molecule has 0 unspecified atom stereocenters. The van der Waals surface area contributed by atoms with Crippen LogP contribution in [-0.2, 0) is 10.2 Å². The molecule has 1 saturated heterocycles. The highest BCUT2D eigenvalue weighted by Crippen LogP contribution is 2.40. The van der Waals surface area contributed by atoms with Crippen molar-refractivity contribution in [2.75, 3.05) is 47.0 Å². The number of nitrogens with one attached hydrogen (secondary N) is 1. The fourth-order valence-corrected chi connectivity index (χ4v) is 3.54. The third-order valence-electron chi connectivity index (χ3n) is 4.83. The molecule has 3 rings (SSSR count). The average molecular weight is 466 g/mol. The molecule has 0 aromatic heterocycles. The number of methoxy groups -OCH3 is 1. The van der Waals surface area contributed by atoms with Crippen molar-refractivity contribution in [2.45, 2.75) is 18.3 Å². The Morgan fingerprint density at radius 2 is 2.12 bits per heavy atom. The van der Waals surface area contributed by atoms with Crippen LogP contribution in [0, 0.1) is 0 Å². The largest absolute Gasteiger partial charge is 0.496 e. The lowest BCUT2D eigenvalue weighted by Crippen LogP contribution is -2.47. The molecule has 0 spiro atoms. The second-order valence-corrected chi connectivity index (χ2v) is 6.65. The van der Waals surface area contributed by atoms with Crippen LogP contribution in [0.1, 0.15) is 18.4 Å². The predicted octanol–water partition coefficient (Wildman–Crippen LogP) is 2.91. The van der Waals surface area contributed by atoms with Gasteiger partial charge in [-0.05, 0) is 31.0 Å². The number of nitrogens with zero attached hydrogens (tertiary/aromatic N) is 2. The fourth-order valence-electron chi connectivity index (χ4n) is 3.37. The number of likely N-dealkylation sites (N-methyl/N-ethyl adjacent to an activating group) is 1. The number of aliphatic imine (C=N–C) groups is 1. The molecule has 24 heavy (non-hydrogen) atoms. The number of benzene rings is 1. The highest BCUT2D eigenvalue weighted by molar-refractivity contribution is 14.0. The minimum absolute atomic E-state index is 0. The van der Waals surface area contributed by atoms with Crippen LogP contribution < -0.4 is 10.1 Å². The van der Waals surface area contributed by atoms with Gasteiger partial charge in [-0.3, -0.25) is 4.99 Å².